The van der Waals surface area contributed by atoms with Crippen molar-refractivity contribution in [3.8, 4) is 11.1 Å². The van der Waals surface area contributed by atoms with Crippen LogP contribution in [-0.4, -0.2) is 47.2 Å². The summed E-state index contributed by atoms with van der Waals surface area (Å²) in [5.41, 5.74) is 1.75. The third-order valence-electron chi connectivity index (χ3n) is 8.18. The van der Waals surface area contributed by atoms with Crippen molar-refractivity contribution < 1.29 is 9.59 Å². The fourth-order valence-electron chi connectivity index (χ4n) is 6.01. The first-order valence-corrected chi connectivity index (χ1v) is 13.5. The molecule has 190 valence electrons. The fraction of sp³-hybridized carbons (Fsp3) is 0.483. The molecule has 0 unspecified atom stereocenters. The molecule has 2 aliphatic heterocycles. The van der Waals surface area contributed by atoms with Gasteiger partial charge in [-0.3, -0.25) is 19.9 Å². The van der Waals surface area contributed by atoms with Crippen molar-refractivity contribution in [3.05, 3.63) is 59.1 Å². The molecule has 1 saturated carbocycles. The Labute approximate surface area is 218 Å². The lowest BCUT2D eigenvalue weighted by Crippen LogP contribution is -2.41. The monoisotopic (exact) mass is 506 g/mol. The Morgan fingerprint density at radius 1 is 1.06 bits per heavy atom. The van der Waals surface area contributed by atoms with Gasteiger partial charge >= 0.3 is 0 Å². The standard InChI is InChI=1S/C29H35ClN4O2/c1-29(24-11-5-9-22(16-24)23-10-6-12-25(30)17-23)27(36)34(28(31)32-29)19-21-13-14-33(18-21)26(35)15-20-7-3-2-4-8-20/h5-6,9-12,16-17,20-21H,2-4,7-8,13-15,18-19H2,1H3,(H2,31,32)/t21-,29+/m1/s1. The van der Waals surface area contributed by atoms with Gasteiger partial charge in [-0.25, -0.2) is 0 Å². The van der Waals surface area contributed by atoms with Gasteiger partial charge in [0.15, 0.2) is 5.96 Å². The second-order valence-electron chi connectivity index (χ2n) is 10.8. The van der Waals surface area contributed by atoms with E-state index in [0.29, 0.717) is 30.5 Å². The number of likely N-dealkylation sites (tertiary alicyclic amines) is 1. The number of carbonyl (C=O) groups is 2. The average molecular weight is 507 g/mol. The molecule has 3 aliphatic rings. The van der Waals surface area contributed by atoms with Gasteiger partial charge in [-0.15, -0.1) is 0 Å². The molecule has 1 aliphatic carbocycles. The molecule has 3 fully saturated rings. The van der Waals surface area contributed by atoms with Gasteiger partial charge < -0.3 is 10.2 Å². The Kier molecular flexibility index (Phi) is 7.07. The van der Waals surface area contributed by atoms with Crippen molar-refractivity contribution in [2.75, 3.05) is 19.6 Å². The van der Waals surface area contributed by atoms with Gasteiger partial charge in [0.2, 0.25) is 5.91 Å². The SMILES string of the molecule is C[C@@]1(c2cccc(-c3cccc(Cl)c3)c2)NC(=N)N(C[C@@H]2CCN(C(=O)CC3CCCCC3)C2)C1=O. The molecule has 2 atom stereocenters. The normalized spacial score (nSPS) is 24.9. The summed E-state index contributed by atoms with van der Waals surface area (Å²) >= 11 is 6.18. The molecule has 2 N–H and O–H groups in total. The van der Waals surface area contributed by atoms with Crippen molar-refractivity contribution in [1.82, 2.24) is 15.1 Å². The zero-order valence-corrected chi connectivity index (χ0v) is 21.7. The number of nitrogens with one attached hydrogen (secondary N) is 2. The van der Waals surface area contributed by atoms with Crippen molar-refractivity contribution in [2.45, 2.75) is 57.4 Å². The molecular weight excluding hydrogens is 472 g/mol. The van der Waals surface area contributed by atoms with Gasteiger partial charge in [-0.2, -0.15) is 0 Å². The van der Waals surface area contributed by atoms with Gasteiger partial charge in [-0.1, -0.05) is 61.2 Å². The molecule has 2 heterocycles. The number of carbonyl (C=O) groups excluding carboxylic acids is 2. The number of hydrogen-bond donors (Lipinski definition) is 2. The van der Waals surface area contributed by atoms with Crippen molar-refractivity contribution in [3.63, 3.8) is 0 Å². The molecule has 5 rings (SSSR count). The maximum absolute atomic E-state index is 13.6. The average Bonchev–Trinajstić information content (AvgIpc) is 3.44. The third-order valence-corrected chi connectivity index (χ3v) is 8.41. The molecule has 6 nitrogen and oxygen atoms in total. The Bertz CT molecular complexity index is 1160. The van der Waals surface area contributed by atoms with Gasteiger partial charge in [0.25, 0.3) is 5.91 Å². The molecule has 0 radical (unpaired) electrons. The minimum atomic E-state index is -1.01. The summed E-state index contributed by atoms with van der Waals surface area (Å²) in [7, 11) is 0. The van der Waals surface area contributed by atoms with Crippen LogP contribution in [-0.2, 0) is 15.1 Å². The molecule has 2 aromatic rings. The van der Waals surface area contributed by atoms with E-state index in [1.807, 2.05) is 60.4 Å². The lowest BCUT2D eigenvalue weighted by molar-refractivity contribution is -0.131. The molecule has 2 amide bonds. The summed E-state index contributed by atoms with van der Waals surface area (Å²) in [5, 5.41) is 12.4. The molecule has 7 heteroatoms. The predicted octanol–water partition coefficient (Wildman–Crippen LogP) is 5.41. The van der Waals surface area contributed by atoms with Crippen LogP contribution in [0, 0.1) is 17.2 Å². The predicted molar refractivity (Wildman–Crippen MR) is 143 cm³/mol. The first kappa shape index (κ1) is 24.8. The lowest BCUT2D eigenvalue weighted by Gasteiger charge is -2.25. The highest BCUT2D eigenvalue weighted by Crippen LogP contribution is 2.34. The minimum absolute atomic E-state index is 0.122. The van der Waals surface area contributed by atoms with Crippen molar-refractivity contribution in [1.29, 1.82) is 5.41 Å². The number of hydrogen-bond acceptors (Lipinski definition) is 3. The first-order chi connectivity index (χ1) is 17.3. The van der Waals surface area contributed by atoms with Crippen LogP contribution in [0.3, 0.4) is 0 Å². The van der Waals surface area contributed by atoms with Crippen molar-refractivity contribution in [2.24, 2.45) is 11.8 Å². The summed E-state index contributed by atoms with van der Waals surface area (Å²) < 4.78 is 0. The topological polar surface area (TPSA) is 76.5 Å². The van der Waals surface area contributed by atoms with Gasteiger partial charge in [0.05, 0.1) is 0 Å². The minimum Gasteiger partial charge on any atom is -0.342 e. The fourth-order valence-corrected chi connectivity index (χ4v) is 6.20. The maximum atomic E-state index is 13.6. The van der Waals surface area contributed by atoms with Crippen LogP contribution in [0.1, 0.15) is 57.4 Å². The molecule has 2 saturated heterocycles. The van der Waals surface area contributed by atoms with Gasteiger partial charge in [-0.05, 0) is 72.9 Å². The van der Waals surface area contributed by atoms with Crippen LogP contribution in [0.4, 0.5) is 0 Å². The van der Waals surface area contributed by atoms with Gasteiger partial charge in [0.1, 0.15) is 5.54 Å². The van der Waals surface area contributed by atoms with Crippen LogP contribution in [0.2, 0.25) is 5.02 Å². The number of halogens is 1. The van der Waals surface area contributed by atoms with Crippen LogP contribution in [0.5, 0.6) is 0 Å². The number of nitrogens with zero attached hydrogens (tertiary/aromatic N) is 2. The molecule has 0 bridgehead atoms. The summed E-state index contributed by atoms with van der Waals surface area (Å²) in [5.74, 6) is 0.983. The highest BCUT2D eigenvalue weighted by atomic mass is 35.5. The summed E-state index contributed by atoms with van der Waals surface area (Å²) in [6.07, 6.45) is 7.66. The second kappa shape index (κ2) is 10.3. The van der Waals surface area contributed by atoms with E-state index in [9.17, 15) is 9.59 Å². The highest BCUT2D eigenvalue weighted by Gasteiger charge is 2.48. The third kappa shape index (κ3) is 5.01. The van der Waals surface area contributed by atoms with Crippen LogP contribution in [0.25, 0.3) is 11.1 Å². The molecular formula is C29H35ClN4O2. The van der Waals surface area contributed by atoms with E-state index < -0.39 is 5.54 Å². The summed E-state index contributed by atoms with van der Waals surface area (Å²) in [6, 6.07) is 15.5. The van der Waals surface area contributed by atoms with E-state index in [2.05, 4.69) is 5.32 Å². The van der Waals surface area contributed by atoms with E-state index in [4.69, 9.17) is 17.0 Å². The molecule has 0 spiro atoms. The van der Waals surface area contributed by atoms with E-state index in [-0.39, 0.29) is 23.7 Å². The molecule has 0 aromatic heterocycles. The maximum Gasteiger partial charge on any atom is 0.259 e. The Morgan fingerprint density at radius 2 is 1.78 bits per heavy atom. The van der Waals surface area contributed by atoms with E-state index in [0.717, 1.165) is 29.7 Å². The van der Waals surface area contributed by atoms with Crippen LogP contribution in [0.15, 0.2) is 48.5 Å². The summed E-state index contributed by atoms with van der Waals surface area (Å²) in [6.45, 7) is 3.72. The van der Waals surface area contributed by atoms with Gasteiger partial charge in [0, 0.05) is 31.1 Å². The smallest absolute Gasteiger partial charge is 0.259 e. The van der Waals surface area contributed by atoms with Crippen LogP contribution >= 0.6 is 11.6 Å². The summed E-state index contributed by atoms with van der Waals surface area (Å²) in [4.78, 5) is 30.0. The second-order valence-corrected chi connectivity index (χ2v) is 11.2. The zero-order chi connectivity index (χ0) is 25.3. The first-order valence-electron chi connectivity index (χ1n) is 13.2. The Balaban J connectivity index is 1.24. The Morgan fingerprint density at radius 3 is 2.53 bits per heavy atom. The number of amides is 2. The Hall–Kier alpha value is -2.86. The van der Waals surface area contributed by atoms with Crippen molar-refractivity contribution >= 4 is 29.4 Å². The quantitative estimate of drug-likeness (QED) is 0.550. The highest BCUT2D eigenvalue weighted by molar-refractivity contribution is 6.30. The van der Waals surface area contributed by atoms with E-state index >= 15 is 0 Å². The molecule has 36 heavy (non-hydrogen) atoms. The van der Waals surface area contributed by atoms with Crippen LogP contribution < -0.4 is 5.32 Å². The van der Waals surface area contributed by atoms with E-state index in [1.165, 1.54) is 32.1 Å². The van der Waals surface area contributed by atoms with E-state index in [1.54, 1.807) is 4.90 Å². The number of benzene rings is 2. The lowest BCUT2D eigenvalue weighted by atomic mass is 9.87. The number of rotatable bonds is 6. The largest absolute Gasteiger partial charge is 0.342 e. The molecule has 2 aromatic carbocycles. The zero-order valence-electron chi connectivity index (χ0n) is 20.9. The number of guanidine groups is 1.